The van der Waals surface area contributed by atoms with Crippen LogP contribution in [0, 0.1) is 5.92 Å². The summed E-state index contributed by atoms with van der Waals surface area (Å²) in [6, 6.07) is 2.30. The van der Waals surface area contributed by atoms with Crippen LogP contribution in [0.1, 0.15) is 48.7 Å². The molecule has 0 aromatic carbocycles. The van der Waals surface area contributed by atoms with Crippen LogP contribution in [0.3, 0.4) is 0 Å². The Morgan fingerprint density at radius 2 is 2.28 bits per heavy atom. The van der Waals surface area contributed by atoms with Crippen molar-refractivity contribution in [3.63, 3.8) is 0 Å². The summed E-state index contributed by atoms with van der Waals surface area (Å²) in [5, 5.41) is 3.48. The Balaban J connectivity index is 1.89. The van der Waals surface area contributed by atoms with Gasteiger partial charge in [-0.3, -0.25) is 0 Å². The van der Waals surface area contributed by atoms with Gasteiger partial charge in [0.05, 0.1) is 13.4 Å². The van der Waals surface area contributed by atoms with Crippen LogP contribution in [-0.2, 0) is 11.3 Å². The molecule has 4 heteroatoms. The molecule has 1 aromatic rings. The summed E-state index contributed by atoms with van der Waals surface area (Å²) in [4.78, 5) is 11.5. The van der Waals surface area contributed by atoms with Gasteiger partial charge in [-0.15, -0.1) is 0 Å². The van der Waals surface area contributed by atoms with Crippen LogP contribution in [-0.4, -0.2) is 19.1 Å². The zero-order chi connectivity index (χ0) is 13.0. The normalized spacial score (nSPS) is 17.9. The molecule has 1 unspecified atom stereocenters. The predicted molar refractivity (Wildman–Crippen MR) is 68.3 cm³/mol. The molecule has 0 aliphatic heterocycles. The van der Waals surface area contributed by atoms with Gasteiger partial charge in [-0.25, -0.2) is 4.79 Å². The highest BCUT2D eigenvalue weighted by Crippen LogP contribution is 2.27. The Hall–Kier alpha value is -1.29. The van der Waals surface area contributed by atoms with E-state index in [0.717, 1.165) is 11.5 Å². The van der Waals surface area contributed by atoms with Gasteiger partial charge in [0.25, 0.3) is 0 Å². The second kappa shape index (κ2) is 6.05. The van der Waals surface area contributed by atoms with E-state index in [1.54, 1.807) is 0 Å². The molecular formula is C14H21NO3. The number of esters is 1. The third kappa shape index (κ3) is 2.93. The molecular weight excluding hydrogens is 230 g/mol. The van der Waals surface area contributed by atoms with Gasteiger partial charge in [-0.05, 0) is 31.7 Å². The molecule has 2 rings (SSSR count). The second-order valence-electron chi connectivity index (χ2n) is 4.98. The van der Waals surface area contributed by atoms with Crippen LogP contribution in [0.2, 0.25) is 0 Å². The van der Waals surface area contributed by atoms with Gasteiger partial charge in [0, 0.05) is 18.2 Å². The summed E-state index contributed by atoms with van der Waals surface area (Å²) in [6.45, 7) is 2.87. The lowest BCUT2D eigenvalue weighted by Gasteiger charge is -2.20. The summed E-state index contributed by atoms with van der Waals surface area (Å²) >= 11 is 0. The highest BCUT2D eigenvalue weighted by atomic mass is 16.5. The Labute approximate surface area is 108 Å². The molecule has 100 valence electrons. The molecule has 1 aromatic heterocycles. The molecule has 18 heavy (non-hydrogen) atoms. The molecule has 1 N–H and O–H groups in total. The molecule has 1 aliphatic carbocycles. The topological polar surface area (TPSA) is 51.5 Å². The van der Waals surface area contributed by atoms with Crippen LogP contribution in [0.5, 0.6) is 0 Å². The molecule has 1 saturated carbocycles. The molecule has 0 spiro atoms. The molecule has 1 heterocycles. The van der Waals surface area contributed by atoms with E-state index < -0.39 is 5.97 Å². The molecule has 0 bridgehead atoms. The Bertz CT molecular complexity index is 393. The minimum atomic E-state index is -0.412. The van der Waals surface area contributed by atoms with Crippen LogP contribution >= 0.6 is 0 Å². The average molecular weight is 251 g/mol. The fraction of sp³-hybridized carbons (Fsp3) is 0.643. The van der Waals surface area contributed by atoms with Gasteiger partial charge in [0.15, 0.2) is 0 Å². The van der Waals surface area contributed by atoms with E-state index in [1.165, 1.54) is 39.1 Å². The van der Waals surface area contributed by atoms with Crippen molar-refractivity contribution in [1.82, 2.24) is 5.32 Å². The molecule has 1 aliphatic rings. The van der Waals surface area contributed by atoms with E-state index in [0.29, 0.717) is 18.3 Å². The van der Waals surface area contributed by atoms with Crippen LogP contribution in [0.4, 0.5) is 0 Å². The van der Waals surface area contributed by atoms with Crippen molar-refractivity contribution in [3.05, 3.63) is 23.7 Å². The number of furan rings is 1. The third-order valence-corrected chi connectivity index (χ3v) is 3.84. The first-order valence-corrected chi connectivity index (χ1v) is 6.60. The van der Waals surface area contributed by atoms with Gasteiger partial charge in [-0.1, -0.05) is 12.8 Å². The van der Waals surface area contributed by atoms with Crippen molar-refractivity contribution < 1.29 is 13.9 Å². The van der Waals surface area contributed by atoms with Crippen LogP contribution < -0.4 is 5.32 Å². The zero-order valence-electron chi connectivity index (χ0n) is 11.1. The van der Waals surface area contributed by atoms with E-state index in [-0.39, 0.29) is 0 Å². The fourth-order valence-corrected chi connectivity index (χ4v) is 2.64. The van der Waals surface area contributed by atoms with Gasteiger partial charge in [-0.2, -0.15) is 0 Å². The van der Waals surface area contributed by atoms with Gasteiger partial charge >= 0.3 is 5.97 Å². The number of carbonyl (C=O) groups is 1. The van der Waals surface area contributed by atoms with E-state index in [9.17, 15) is 4.79 Å². The maximum absolute atomic E-state index is 11.5. The number of hydrogen-bond acceptors (Lipinski definition) is 4. The van der Waals surface area contributed by atoms with Crippen molar-refractivity contribution >= 4 is 5.97 Å². The van der Waals surface area contributed by atoms with Crippen molar-refractivity contribution in [2.24, 2.45) is 5.92 Å². The number of nitrogens with one attached hydrogen (secondary N) is 1. The quantitative estimate of drug-likeness (QED) is 0.817. The minimum Gasteiger partial charge on any atom is -0.463 e. The SMILES string of the molecule is COC(=O)c1occc1CNC(C)C1CCCC1. The molecule has 0 amide bonds. The van der Waals surface area contributed by atoms with Crippen molar-refractivity contribution in [3.8, 4) is 0 Å². The summed E-state index contributed by atoms with van der Waals surface area (Å²) in [7, 11) is 1.36. The zero-order valence-corrected chi connectivity index (χ0v) is 11.1. The first-order valence-electron chi connectivity index (χ1n) is 6.60. The summed E-state index contributed by atoms with van der Waals surface area (Å²) in [5.74, 6) is 0.660. The first-order chi connectivity index (χ1) is 8.72. The maximum atomic E-state index is 11.5. The van der Waals surface area contributed by atoms with Crippen LogP contribution in [0.25, 0.3) is 0 Å². The first kappa shape index (κ1) is 13.1. The maximum Gasteiger partial charge on any atom is 0.374 e. The lowest BCUT2D eigenvalue weighted by atomic mass is 9.99. The smallest absolute Gasteiger partial charge is 0.374 e. The number of hydrogen-bond donors (Lipinski definition) is 1. The van der Waals surface area contributed by atoms with Gasteiger partial charge < -0.3 is 14.5 Å². The Morgan fingerprint density at radius 1 is 1.56 bits per heavy atom. The number of rotatable bonds is 5. The van der Waals surface area contributed by atoms with E-state index >= 15 is 0 Å². The standard InChI is InChI=1S/C14H21NO3/c1-10(11-5-3-4-6-11)15-9-12-7-8-18-13(12)14(16)17-2/h7-8,10-11,15H,3-6,9H2,1-2H3. The lowest BCUT2D eigenvalue weighted by Crippen LogP contribution is -2.32. The molecule has 1 atom stereocenters. The minimum absolute atomic E-state index is 0.309. The van der Waals surface area contributed by atoms with Crippen molar-refractivity contribution in [2.45, 2.75) is 45.2 Å². The molecule has 4 nitrogen and oxygen atoms in total. The number of ether oxygens (including phenoxy) is 1. The summed E-state index contributed by atoms with van der Waals surface area (Å²) in [6.07, 6.45) is 6.84. The van der Waals surface area contributed by atoms with E-state index in [1.807, 2.05) is 6.07 Å². The largest absolute Gasteiger partial charge is 0.463 e. The third-order valence-electron chi connectivity index (χ3n) is 3.84. The fourth-order valence-electron chi connectivity index (χ4n) is 2.64. The molecule has 0 saturated heterocycles. The van der Waals surface area contributed by atoms with Crippen molar-refractivity contribution in [1.29, 1.82) is 0 Å². The number of carbonyl (C=O) groups excluding carboxylic acids is 1. The Morgan fingerprint density at radius 3 is 2.94 bits per heavy atom. The second-order valence-corrected chi connectivity index (χ2v) is 4.98. The van der Waals surface area contributed by atoms with Crippen molar-refractivity contribution in [2.75, 3.05) is 7.11 Å². The lowest BCUT2D eigenvalue weighted by molar-refractivity contribution is 0.0563. The molecule has 1 fully saturated rings. The highest BCUT2D eigenvalue weighted by Gasteiger charge is 2.22. The van der Waals surface area contributed by atoms with Gasteiger partial charge in [0.1, 0.15) is 0 Å². The van der Waals surface area contributed by atoms with E-state index in [4.69, 9.17) is 4.42 Å². The number of methoxy groups -OCH3 is 1. The summed E-state index contributed by atoms with van der Waals surface area (Å²) in [5.41, 5.74) is 0.867. The monoisotopic (exact) mass is 251 g/mol. The average Bonchev–Trinajstić information content (AvgIpc) is 3.05. The Kier molecular flexibility index (Phi) is 4.42. The van der Waals surface area contributed by atoms with Crippen LogP contribution in [0.15, 0.2) is 16.7 Å². The summed E-state index contributed by atoms with van der Waals surface area (Å²) < 4.78 is 9.84. The van der Waals surface area contributed by atoms with E-state index in [2.05, 4.69) is 17.0 Å². The van der Waals surface area contributed by atoms with Gasteiger partial charge in [0.2, 0.25) is 5.76 Å². The predicted octanol–water partition coefficient (Wildman–Crippen LogP) is 2.73. The molecule has 0 radical (unpaired) electrons. The highest BCUT2D eigenvalue weighted by molar-refractivity contribution is 5.87.